The first-order valence-electron chi connectivity index (χ1n) is 5.08. The molecule has 2 aromatic rings. The summed E-state index contributed by atoms with van der Waals surface area (Å²) in [4.78, 5) is 15.1. The van der Waals surface area contributed by atoms with Crippen LogP contribution in [0.15, 0.2) is 24.7 Å². The molecular weight excluding hydrogens is 220 g/mol. The molecule has 0 aromatic carbocycles. The standard InChI is InChI=1S/C11H12N4O2/c1-8(16)11-7-15(14-13-11)6-9-3-10(17-2)5-12-4-9/h3-5,7H,6H2,1-2H3. The molecule has 0 saturated heterocycles. The van der Waals surface area contributed by atoms with Gasteiger partial charge >= 0.3 is 0 Å². The molecule has 0 saturated carbocycles. The van der Waals surface area contributed by atoms with Gasteiger partial charge in [-0.15, -0.1) is 5.10 Å². The Labute approximate surface area is 98.2 Å². The number of rotatable bonds is 4. The third kappa shape index (κ3) is 2.66. The summed E-state index contributed by atoms with van der Waals surface area (Å²) < 4.78 is 6.66. The number of carbonyl (C=O) groups is 1. The molecule has 0 aliphatic heterocycles. The first kappa shape index (κ1) is 11.3. The van der Waals surface area contributed by atoms with Crippen molar-refractivity contribution in [1.29, 1.82) is 0 Å². The molecule has 0 aliphatic carbocycles. The maximum absolute atomic E-state index is 11.1. The van der Waals surface area contributed by atoms with E-state index in [0.29, 0.717) is 18.0 Å². The molecule has 2 rings (SSSR count). The van der Waals surface area contributed by atoms with Gasteiger partial charge < -0.3 is 4.74 Å². The Kier molecular flexibility index (Phi) is 3.13. The van der Waals surface area contributed by atoms with Crippen molar-refractivity contribution in [3.8, 4) is 5.75 Å². The summed E-state index contributed by atoms with van der Waals surface area (Å²) in [6, 6.07) is 1.86. The van der Waals surface area contributed by atoms with E-state index in [-0.39, 0.29) is 5.78 Å². The number of hydrogen-bond acceptors (Lipinski definition) is 5. The Morgan fingerprint density at radius 2 is 2.29 bits per heavy atom. The predicted molar refractivity (Wildman–Crippen MR) is 59.9 cm³/mol. The van der Waals surface area contributed by atoms with E-state index in [2.05, 4.69) is 15.3 Å². The molecule has 0 amide bonds. The Bertz CT molecular complexity index is 536. The molecule has 0 atom stereocenters. The Hall–Kier alpha value is -2.24. The molecule has 0 spiro atoms. The van der Waals surface area contributed by atoms with Gasteiger partial charge in [-0.1, -0.05) is 5.21 Å². The van der Waals surface area contributed by atoms with Crippen LogP contribution in [0.4, 0.5) is 0 Å². The first-order chi connectivity index (χ1) is 8.19. The second kappa shape index (κ2) is 4.73. The average molecular weight is 232 g/mol. The number of Topliss-reactive ketones (excluding diaryl/α,β-unsaturated/α-hetero) is 1. The quantitative estimate of drug-likeness (QED) is 0.733. The Morgan fingerprint density at radius 3 is 2.94 bits per heavy atom. The highest BCUT2D eigenvalue weighted by molar-refractivity contribution is 5.91. The maximum atomic E-state index is 11.1. The number of hydrogen-bond donors (Lipinski definition) is 0. The minimum Gasteiger partial charge on any atom is -0.495 e. The van der Waals surface area contributed by atoms with Gasteiger partial charge in [-0.2, -0.15) is 0 Å². The number of methoxy groups -OCH3 is 1. The highest BCUT2D eigenvalue weighted by Crippen LogP contribution is 2.11. The largest absolute Gasteiger partial charge is 0.495 e. The van der Waals surface area contributed by atoms with E-state index >= 15 is 0 Å². The lowest BCUT2D eigenvalue weighted by Crippen LogP contribution is -2.01. The van der Waals surface area contributed by atoms with Crippen LogP contribution in [0.5, 0.6) is 5.75 Å². The molecule has 17 heavy (non-hydrogen) atoms. The molecule has 0 unspecified atom stereocenters. The third-order valence-corrected chi connectivity index (χ3v) is 2.25. The van der Waals surface area contributed by atoms with E-state index < -0.39 is 0 Å². The smallest absolute Gasteiger partial charge is 0.181 e. The number of carbonyl (C=O) groups excluding carboxylic acids is 1. The lowest BCUT2D eigenvalue weighted by atomic mass is 10.3. The molecule has 0 fully saturated rings. The van der Waals surface area contributed by atoms with E-state index in [1.807, 2.05) is 6.07 Å². The molecule has 0 N–H and O–H groups in total. The minimum atomic E-state index is -0.0972. The van der Waals surface area contributed by atoms with Crippen molar-refractivity contribution < 1.29 is 9.53 Å². The maximum Gasteiger partial charge on any atom is 0.181 e. The van der Waals surface area contributed by atoms with Crippen molar-refractivity contribution in [3.05, 3.63) is 35.9 Å². The molecule has 0 radical (unpaired) electrons. The topological polar surface area (TPSA) is 69.9 Å². The summed E-state index contributed by atoms with van der Waals surface area (Å²) in [6.45, 7) is 1.96. The summed E-state index contributed by atoms with van der Waals surface area (Å²) in [6.07, 6.45) is 4.96. The van der Waals surface area contributed by atoms with Gasteiger partial charge in [0.1, 0.15) is 11.4 Å². The van der Waals surface area contributed by atoms with Crippen LogP contribution >= 0.6 is 0 Å². The lowest BCUT2D eigenvalue weighted by molar-refractivity contribution is 0.101. The molecule has 6 heteroatoms. The monoisotopic (exact) mass is 232 g/mol. The zero-order chi connectivity index (χ0) is 12.3. The number of ketones is 1. The van der Waals surface area contributed by atoms with Crippen molar-refractivity contribution in [2.24, 2.45) is 0 Å². The number of pyridine rings is 1. The van der Waals surface area contributed by atoms with Crippen molar-refractivity contribution in [3.63, 3.8) is 0 Å². The van der Waals surface area contributed by atoms with Gasteiger partial charge in [0, 0.05) is 13.1 Å². The normalized spacial score (nSPS) is 10.2. The van der Waals surface area contributed by atoms with Crippen molar-refractivity contribution >= 4 is 5.78 Å². The van der Waals surface area contributed by atoms with Gasteiger partial charge in [-0.05, 0) is 11.6 Å². The van der Waals surface area contributed by atoms with Gasteiger partial charge in [0.2, 0.25) is 0 Å². The summed E-state index contributed by atoms with van der Waals surface area (Å²) in [5.41, 5.74) is 1.30. The van der Waals surface area contributed by atoms with E-state index in [1.54, 1.807) is 30.4 Å². The van der Waals surface area contributed by atoms with Gasteiger partial charge in [-0.25, -0.2) is 4.68 Å². The first-order valence-corrected chi connectivity index (χ1v) is 5.08. The van der Waals surface area contributed by atoms with E-state index in [1.165, 1.54) is 6.92 Å². The highest BCUT2D eigenvalue weighted by Gasteiger charge is 2.06. The van der Waals surface area contributed by atoms with Crippen molar-refractivity contribution in [2.45, 2.75) is 13.5 Å². The fraction of sp³-hybridized carbons (Fsp3) is 0.273. The van der Waals surface area contributed by atoms with Crippen LogP contribution in [0, 0.1) is 0 Å². The van der Waals surface area contributed by atoms with E-state index in [4.69, 9.17) is 4.74 Å². The summed E-state index contributed by atoms with van der Waals surface area (Å²) in [7, 11) is 1.59. The van der Waals surface area contributed by atoms with Gasteiger partial charge in [0.15, 0.2) is 5.78 Å². The number of aromatic nitrogens is 4. The van der Waals surface area contributed by atoms with Crippen LogP contribution in [0.1, 0.15) is 23.0 Å². The molecule has 6 nitrogen and oxygen atoms in total. The predicted octanol–water partition coefficient (Wildman–Crippen LogP) is 0.933. The average Bonchev–Trinajstić information content (AvgIpc) is 2.78. The molecule has 0 bridgehead atoms. The van der Waals surface area contributed by atoms with Crippen LogP contribution in [0.3, 0.4) is 0 Å². The van der Waals surface area contributed by atoms with Gasteiger partial charge in [0.05, 0.1) is 26.0 Å². The zero-order valence-electron chi connectivity index (χ0n) is 9.62. The van der Waals surface area contributed by atoms with Gasteiger partial charge in [-0.3, -0.25) is 9.78 Å². The third-order valence-electron chi connectivity index (χ3n) is 2.25. The number of nitrogens with zero attached hydrogens (tertiary/aromatic N) is 4. The fourth-order valence-corrected chi connectivity index (χ4v) is 1.39. The van der Waals surface area contributed by atoms with Crippen molar-refractivity contribution in [2.75, 3.05) is 7.11 Å². The van der Waals surface area contributed by atoms with E-state index in [0.717, 1.165) is 5.56 Å². The number of ether oxygens (including phenoxy) is 1. The zero-order valence-corrected chi connectivity index (χ0v) is 9.62. The van der Waals surface area contributed by atoms with Crippen LogP contribution in [-0.2, 0) is 6.54 Å². The second-order valence-electron chi connectivity index (χ2n) is 3.59. The second-order valence-corrected chi connectivity index (χ2v) is 3.59. The fourth-order valence-electron chi connectivity index (χ4n) is 1.39. The molecule has 2 aromatic heterocycles. The lowest BCUT2D eigenvalue weighted by Gasteiger charge is -2.03. The molecule has 2 heterocycles. The SMILES string of the molecule is COc1cncc(Cn2cc(C(C)=O)nn2)c1. The van der Waals surface area contributed by atoms with Gasteiger partial charge in [0.25, 0.3) is 0 Å². The van der Waals surface area contributed by atoms with E-state index in [9.17, 15) is 4.79 Å². The Balaban J connectivity index is 2.16. The van der Waals surface area contributed by atoms with Crippen LogP contribution in [-0.4, -0.2) is 32.9 Å². The Morgan fingerprint density at radius 1 is 1.47 bits per heavy atom. The summed E-state index contributed by atoms with van der Waals surface area (Å²) in [5.74, 6) is 0.592. The molecule has 0 aliphatic rings. The van der Waals surface area contributed by atoms with Crippen LogP contribution in [0.25, 0.3) is 0 Å². The van der Waals surface area contributed by atoms with Crippen LogP contribution < -0.4 is 4.74 Å². The molecule has 88 valence electrons. The van der Waals surface area contributed by atoms with Crippen molar-refractivity contribution in [1.82, 2.24) is 20.0 Å². The summed E-state index contributed by atoms with van der Waals surface area (Å²) >= 11 is 0. The highest BCUT2D eigenvalue weighted by atomic mass is 16.5. The molecular formula is C11H12N4O2. The minimum absolute atomic E-state index is 0.0972. The van der Waals surface area contributed by atoms with Crippen LogP contribution in [0.2, 0.25) is 0 Å². The summed E-state index contributed by atoms with van der Waals surface area (Å²) in [5, 5.41) is 7.63.